The van der Waals surface area contributed by atoms with Gasteiger partial charge in [-0.3, -0.25) is 0 Å². The zero-order chi connectivity index (χ0) is 20.9. The molecular weight excluding hydrogens is 385 g/mol. The van der Waals surface area contributed by atoms with Gasteiger partial charge in [-0.2, -0.15) is 18.3 Å². The minimum atomic E-state index is -4.62. The third-order valence-corrected chi connectivity index (χ3v) is 3.87. The molecule has 3 rings (SSSR count). The molecule has 0 unspecified atom stereocenters. The standard InChI is InChI=1S/C20H17F3N4O2/c1-28-16-9-8-13(10-17(16)29-2)12-24-27-19-25-15(14-6-4-3-5-7-14)11-18(26-19)20(21,22)23/h3-12H,1-2H3,(H,25,26,27)/b24-12+. The lowest BCUT2D eigenvalue weighted by atomic mass is 10.1. The molecule has 6 nitrogen and oxygen atoms in total. The minimum Gasteiger partial charge on any atom is -0.493 e. The van der Waals surface area contributed by atoms with E-state index in [1.165, 1.54) is 20.4 Å². The first-order valence-electron chi connectivity index (χ1n) is 8.43. The second-order valence-corrected chi connectivity index (χ2v) is 5.81. The second-order valence-electron chi connectivity index (χ2n) is 5.81. The molecule has 0 bridgehead atoms. The van der Waals surface area contributed by atoms with Crippen molar-refractivity contribution in [3.05, 3.63) is 65.9 Å². The number of aromatic nitrogens is 2. The Morgan fingerprint density at radius 1 is 0.931 bits per heavy atom. The molecular formula is C20H17F3N4O2. The van der Waals surface area contributed by atoms with Crippen LogP contribution in [0.3, 0.4) is 0 Å². The van der Waals surface area contributed by atoms with E-state index in [0.717, 1.165) is 6.07 Å². The van der Waals surface area contributed by atoms with Gasteiger partial charge in [-0.15, -0.1) is 0 Å². The maximum Gasteiger partial charge on any atom is 0.433 e. The molecule has 0 atom stereocenters. The molecule has 9 heteroatoms. The number of hydrazone groups is 1. The number of halogens is 3. The summed E-state index contributed by atoms with van der Waals surface area (Å²) in [4.78, 5) is 7.65. The Balaban J connectivity index is 1.88. The summed E-state index contributed by atoms with van der Waals surface area (Å²) in [6.07, 6.45) is -3.20. The van der Waals surface area contributed by atoms with Crippen molar-refractivity contribution in [2.75, 3.05) is 19.6 Å². The highest BCUT2D eigenvalue weighted by Crippen LogP contribution is 2.31. The first-order valence-corrected chi connectivity index (χ1v) is 8.43. The van der Waals surface area contributed by atoms with Crippen molar-refractivity contribution < 1.29 is 22.6 Å². The van der Waals surface area contributed by atoms with Gasteiger partial charge in [0.25, 0.3) is 0 Å². The van der Waals surface area contributed by atoms with Crippen LogP contribution in [0.25, 0.3) is 11.3 Å². The number of rotatable bonds is 6. The van der Waals surface area contributed by atoms with E-state index in [9.17, 15) is 13.2 Å². The highest BCUT2D eigenvalue weighted by molar-refractivity contribution is 5.81. The number of nitrogens with one attached hydrogen (secondary N) is 1. The van der Waals surface area contributed by atoms with Crippen molar-refractivity contribution in [1.29, 1.82) is 0 Å². The summed E-state index contributed by atoms with van der Waals surface area (Å²) in [7, 11) is 3.01. The first-order chi connectivity index (χ1) is 13.9. The second kappa shape index (κ2) is 8.59. The van der Waals surface area contributed by atoms with Gasteiger partial charge >= 0.3 is 6.18 Å². The summed E-state index contributed by atoms with van der Waals surface area (Å²) in [5, 5.41) is 3.94. The summed E-state index contributed by atoms with van der Waals surface area (Å²) in [5.41, 5.74) is 2.71. The van der Waals surface area contributed by atoms with Crippen LogP contribution in [0.5, 0.6) is 11.5 Å². The third-order valence-electron chi connectivity index (χ3n) is 3.87. The van der Waals surface area contributed by atoms with Gasteiger partial charge in [0.15, 0.2) is 17.2 Å². The first kappa shape index (κ1) is 20.1. The van der Waals surface area contributed by atoms with E-state index in [1.54, 1.807) is 48.5 Å². The van der Waals surface area contributed by atoms with Gasteiger partial charge in [-0.25, -0.2) is 15.4 Å². The highest BCUT2D eigenvalue weighted by Gasteiger charge is 2.33. The van der Waals surface area contributed by atoms with Crippen LogP contribution < -0.4 is 14.9 Å². The summed E-state index contributed by atoms with van der Waals surface area (Å²) in [6.45, 7) is 0. The van der Waals surface area contributed by atoms with Crippen molar-refractivity contribution in [3.63, 3.8) is 0 Å². The number of hydrogen-bond acceptors (Lipinski definition) is 6. The van der Waals surface area contributed by atoms with Gasteiger partial charge in [0, 0.05) is 5.56 Å². The monoisotopic (exact) mass is 402 g/mol. The topological polar surface area (TPSA) is 68.6 Å². The van der Waals surface area contributed by atoms with Crippen molar-refractivity contribution in [3.8, 4) is 22.8 Å². The maximum absolute atomic E-state index is 13.2. The molecule has 0 fully saturated rings. The molecule has 0 saturated heterocycles. The molecule has 0 amide bonds. The lowest BCUT2D eigenvalue weighted by Gasteiger charge is -2.10. The molecule has 0 radical (unpaired) electrons. The maximum atomic E-state index is 13.2. The molecule has 0 aliphatic carbocycles. The van der Waals surface area contributed by atoms with Crippen molar-refractivity contribution in [2.45, 2.75) is 6.18 Å². The van der Waals surface area contributed by atoms with Gasteiger partial charge in [-0.05, 0) is 29.8 Å². The third kappa shape index (κ3) is 5.01. The van der Waals surface area contributed by atoms with Crippen LogP contribution >= 0.6 is 0 Å². The fourth-order valence-corrected chi connectivity index (χ4v) is 2.50. The van der Waals surface area contributed by atoms with Gasteiger partial charge in [-0.1, -0.05) is 30.3 Å². The lowest BCUT2D eigenvalue weighted by Crippen LogP contribution is -2.11. The Labute approximate surface area is 165 Å². The summed E-state index contributed by atoms with van der Waals surface area (Å²) in [6, 6.07) is 14.5. The van der Waals surface area contributed by atoms with Crippen LogP contribution in [0, 0.1) is 0 Å². The van der Waals surface area contributed by atoms with Gasteiger partial charge in [0.05, 0.1) is 26.1 Å². The molecule has 1 N–H and O–H groups in total. The van der Waals surface area contributed by atoms with Crippen molar-refractivity contribution in [1.82, 2.24) is 9.97 Å². The molecule has 3 aromatic rings. The highest BCUT2D eigenvalue weighted by atomic mass is 19.4. The Bertz CT molecular complexity index is 1010. The molecule has 0 aliphatic rings. The zero-order valence-electron chi connectivity index (χ0n) is 15.6. The van der Waals surface area contributed by atoms with E-state index in [2.05, 4.69) is 20.5 Å². The van der Waals surface area contributed by atoms with Gasteiger partial charge < -0.3 is 9.47 Å². The molecule has 0 saturated carbocycles. The minimum absolute atomic E-state index is 0.136. The van der Waals surface area contributed by atoms with Gasteiger partial charge in [0.2, 0.25) is 5.95 Å². The fourth-order valence-electron chi connectivity index (χ4n) is 2.50. The van der Waals surface area contributed by atoms with E-state index < -0.39 is 11.9 Å². The Morgan fingerprint density at radius 2 is 1.66 bits per heavy atom. The molecule has 0 spiro atoms. The Morgan fingerprint density at radius 3 is 2.31 bits per heavy atom. The van der Waals surface area contributed by atoms with Crippen molar-refractivity contribution in [2.24, 2.45) is 5.10 Å². The van der Waals surface area contributed by atoms with E-state index in [-0.39, 0.29) is 11.6 Å². The quantitative estimate of drug-likeness (QED) is 0.481. The van der Waals surface area contributed by atoms with Crippen LogP contribution in [0.4, 0.5) is 19.1 Å². The van der Waals surface area contributed by atoms with Crippen LogP contribution in [0.2, 0.25) is 0 Å². The van der Waals surface area contributed by atoms with E-state index in [0.29, 0.717) is 22.6 Å². The fraction of sp³-hybridized carbons (Fsp3) is 0.150. The predicted molar refractivity (Wildman–Crippen MR) is 103 cm³/mol. The zero-order valence-corrected chi connectivity index (χ0v) is 15.6. The number of alkyl halides is 3. The van der Waals surface area contributed by atoms with Crippen LogP contribution in [0.15, 0.2) is 59.7 Å². The number of ether oxygens (including phenoxy) is 2. The number of benzene rings is 2. The predicted octanol–water partition coefficient (Wildman–Crippen LogP) is 4.63. The largest absolute Gasteiger partial charge is 0.493 e. The number of nitrogens with zero attached hydrogens (tertiary/aromatic N) is 3. The SMILES string of the molecule is COc1ccc(/C=N/Nc2nc(-c3ccccc3)cc(C(F)(F)F)n2)cc1OC. The normalized spacial score (nSPS) is 11.5. The molecule has 0 aliphatic heterocycles. The van der Waals surface area contributed by atoms with Gasteiger partial charge in [0.1, 0.15) is 0 Å². The number of hydrogen-bond donors (Lipinski definition) is 1. The van der Waals surface area contributed by atoms with Crippen LogP contribution in [-0.4, -0.2) is 30.4 Å². The lowest BCUT2D eigenvalue weighted by molar-refractivity contribution is -0.141. The smallest absolute Gasteiger partial charge is 0.433 e. The van der Waals surface area contributed by atoms with E-state index >= 15 is 0 Å². The summed E-state index contributed by atoms with van der Waals surface area (Å²) >= 11 is 0. The van der Waals surface area contributed by atoms with Crippen LogP contribution in [0.1, 0.15) is 11.3 Å². The summed E-state index contributed by atoms with van der Waals surface area (Å²) in [5.74, 6) is 0.778. The number of methoxy groups -OCH3 is 2. The van der Waals surface area contributed by atoms with E-state index in [4.69, 9.17) is 9.47 Å². The Kier molecular flexibility index (Phi) is 5.96. The summed E-state index contributed by atoms with van der Waals surface area (Å²) < 4.78 is 50.0. The molecule has 1 heterocycles. The molecule has 2 aromatic carbocycles. The number of anilines is 1. The Hall–Kier alpha value is -3.62. The molecule has 29 heavy (non-hydrogen) atoms. The molecule has 1 aromatic heterocycles. The average Bonchev–Trinajstić information content (AvgIpc) is 2.73. The van der Waals surface area contributed by atoms with Crippen LogP contribution in [-0.2, 0) is 6.18 Å². The van der Waals surface area contributed by atoms with Crippen molar-refractivity contribution >= 4 is 12.2 Å². The molecule has 150 valence electrons. The van der Waals surface area contributed by atoms with E-state index in [1.807, 2.05) is 0 Å². The average molecular weight is 402 g/mol.